The summed E-state index contributed by atoms with van der Waals surface area (Å²) in [6.07, 6.45) is -0.546. The van der Waals surface area contributed by atoms with E-state index in [2.05, 4.69) is 6.58 Å². The van der Waals surface area contributed by atoms with Crippen LogP contribution in [0.4, 0.5) is 9.59 Å². The van der Waals surface area contributed by atoms with Gasteiger partial charge in [-0.15, -0.1) is 0 Å². The fraction of sp³-hybridized carbons (Fsp3) is 0.500. The number of hydrogen-bond donors (Lipinski definition) is 0. The molecular weight excluding hydrogens is 334 g/mol. The van der Waals surface area contributed by atoms with Crippen LogP contribution in [-0.2, 0) is 20.8 Å². The summed E-state index contributed by atoms with van der Waals surface area (Å²) >= 11 is 0. The molecular formula is C20H29NO5. The summed E-state index contributed by atoms with van der Waals surface area (Å²) in [6, 6.07) is 9.03. The number of hydrogen-bond acceptors (Lipinski definition) is 5. The van der Waals surface area contributed by atoms with E-state index in [1.54, 1.807) is 34.6 Å². The van der Waals surface area contributed by atoms with Crippen LogP contribution in [0.1, 0.15) is 40.2 Å². The molecule has 0 aliphatic carbocycles. The molecule has 1 aromatic carbocycles. The van der Waals surface area contributed by atoms with E-state index in [0.717, 1.165) is 5.56 Å². The molecule has 0 saturated heterocycles. The summed E-state index contributed by atoms with van der Waals surface area (Å²) in [5, 5.41) is 0. The van der Waals surface area contributed by atoms with Gasteiger partial charge in [0.2, 0.25) is 0 Å². The molecule has 6 nitrogen and oxygen atoms in total. The van der Waals surface area contributed by atoms with E-state index < -0.39 is 30.0 Å². The second-order valence-corrected chi connectivity index (χ2v) is 6.84. The lowest BCUT2D eigenvalue weighted by molar-refractivity contribution is -0.0144. The summed E-state index contributed by atoms with van der Waals surface area (Å²) in [6.45, 7) is 13.1. The molecule has 26 heavy (non-hydrogen) atoms. The fourth-order valence-electron chi connectivity index (χ4n) is 2.26. The predicted octanol–water partition coefficient (Wildman–Crippen LogP) is 4.54. The van der Waals surface area contributed by atoms with Crippen LogP contribution < -0.4 is 0 Å². The lowest BCUT2D eigenvalue weighted by Crippen LogP contribution is -2.47. The molecule has 0 N–H and O–H groups in total. The van der Waals surface area contributed by atoms with Gasteiger partial charge in [-0.2, -0.15) is 0 Å². The standard InChI is InChI=1S/C20H29NO5/c1-7-17(25-19(23)24-8-2)15(3)21(18(22)26-20(4,5)6)14-16-12-10-9-11-13-16/h7,9-13,15,17H,1,8,14H2,2-6H3/t15-,17?/m1/s1. The molecule has 0 bridgehead atoms. The fourth-order valence-corrected chi connectivity index (χ4v) is 2.26. The van der Waals surface area contributed by atoms with Gasteiger partial charge in [-0.1, -0.05) is 36.9 Å². The molecule has 6 heteroatoms. The number of ether oxygens (including phenoxy) is 3. The Kier molecular flexibility index (Phi) is 8.16. The Balaban J connectivity index is 3.02. The summed E-state index contributed by atoms with van der Waals surface area (Å²) in [5.41, 5.74) is 0.293. The van der Waals surface area contributed by atoms with Crippen molar-refractivity contribution < 1.29 is 23.8 Å². The maximum absolute atomic E-state index is 12.7. The van der Waals surface area contributed by atoms with Crippen LogP contribution in [0.2, 0.25) is 0 Å². The highest BCUT2D eigenvalue weighted by atomic mass is 16.7. The van der Waals surface area contributed by atoms with Crippen molar-refractivity contribution in [1.82, 2.24) is 4.90 Å². The third kappa shape index (κ3) is 7.17. The van der Waals surface area contributed by atoms with E-state index in [9.17, 15) is 9.59 Å². The van der Waals surface area contributed by atoms with Gasteiger partial charge in [0.15, 0.2) is 0 Å². The molecule has 0 aliphatic rings. The minimum absolute atomic E-state index is 0.205. The second kappa shape index (κ2) is 9.85. The number of benzene rings is 1. The van der Waals surface area contributed by atoms with Gasteiger partial charge in [-0.05, 0) is 46.3 Å². The van der Waals surface area contributed by atoms with E-state index in [-0.39, 0.29) is 6.61 Å². The first-order valence-corrected chi connectivity index (χ1v) is 8.67. The van der Waals surface area contributed by atoms with Crippen LogP contribution in [0.15, 0.2) is 43.0 Å². The van der Waals surface area contributed by atoms with E-state index in [1.165, 1.54) is 11.0 Å². The van der Waals surface area contributed by atoms with Gasteiger partial charge in [-0.3, -0.25) is 4.90 Å². The normalized spacial score (nSPS) is 13.3. The number of carbonyl (C=O) groups is 2. The molecule has 2 atom stereocenters. The van der Waals surface area contributed by atoms with Crippen molar-refractivity contribution in [3.8, 4) is 0 Å². The van der Waals surface area contributed by atoms with Gasteiger partial charge in [-0.25, -0.2) is 9.59 Å². The van der Waals surface area contributed by atoms with Crippen molar-refractivity contribution in [2.24, 2.45) is 0 Å². The first-order valence-electron chi connectivity index (χ1n) is 8.67. The first kappa shape index (κ1) is 21.5. The monoisotopic (exact) mass is 363 g/mol. The van der Waals surface area contributed by atoms with Crippen molar-refractivity contribution in [3.63, 3.8) is 0 Å². The van der Waals surface area contributed by atoms with E-state index >= 15 is 0 Å². The molecule has 0 aromatic heterocycles. The van der Waals surface area contributed by atoms with E-state index in [1.807, 2.05) is 30.3 Å². The Morgan fingerprint density at radius 3 is 2.35 bits per heavy atom. The zero-order chi connectivity index (χ0) is 19.7. The minimum Gasteiger partial charge on any atom is -0.444 e. The Morgan fingerprint density at radius 2 is 1.85 bits per heavy atom. The third-order valence-electron chi connectivity index (χ3n) is 3.52. The molecule has 144 valence electrons. The quantitative estimate of drug-likeness (QED) is 0.526. The van der Waals surface area contributed by atoms with Crippen molar-refractivity contribution in [2.75, 3.05) is 6.61 Å². The van der Waals surface area contributed by atoms with Crippen LogP contribution in [0.3, 0.4) is 0 Å². The van der Waals surface area contributed by atoms with Gasteiger partial charge in [0, 0.05) is 6.54 Å². The lowest BCUT2D eigenvalue weighted by Gasteiger charge is -2.34. The number of amides is 1. The number of rotatable bonds is 7. The average molecular weight is 363 g/mol. The van der Waals surface area contributed by atoms with Crippen LogP contribution >= 0.6 is 0 Å². The predicted molar refractivity (Wildman–Crippen MR) is 99.8 cm³/mol. The van der Waals surface area contributed by atoms with Gasteiger partial charge < -0.3 is 14.2 Å². The molecule has 1 amide bonds. The molecule has 0 spiro atoms. The van der Waals surface area contributed by atoms with Crippen molar-refractivity contribution >= 4 is 12.2 Å². The third-order valence-corrected chi connectivity index (χ3v) is 3.52. The Bertz CT molecular complexity index is 594. The van der Waals surface area contributed by atoms with E-state index in [0.29, 0.717) is 6.54 Å². The van der Waals surface area contributed by atoms with Gasteiger partial charge in [0.1, 0.15) is 11.7 Å². The summed E-state index contributed by atoms with van der Waals surface area (Å²) in [7, 11) is 0. The van der Waals surface area contributed by atoms with E-state index in [4.69, 9.17) is 14.2 Å². The Morgan fingerprint density at radius 1 is 1.23 bits per heavy atom. The van der Waals surface area contributed by atoms with Gasteiger partial charge >= 0.3 is 12.2 Å². The summed E-state index contributed by atoms with van der Waals surface area (Å²) in [5.74, 6) is 0. The number of nitrogens with zero attached hydrogens (tertiary/aromatic N) is 1. The van der Waals surface area contributed by atoms with Crippen molar-refractivity contribution in [2.45, 2.75) is 58.9 Å². The van der Waals surface area contributed by atoms with Crippen LogP contribution in [-0.4, -0.2) is 41.5 Å². The summed E-state index contributed by atoms with van der Waals surface area (Å²) in [4.78, 5) is 25.9. The highest BCUT2D eigenvalue weighted by molar-refractivity contribution is 5.69. The van der Waals surface area contributed by atoms with Gasteiger partial charge in [0.05, 0.1) is 12.6 Å². The topological polar surface area (TPSA) is 65.1 Å². The minimum atomic E-state index is -0.798. The largest absolute Gasteiger partial charge is 0.508 e. The number of carbonyl (C=O) groups excluding carboxylic acids is 2. The Labute approximate surface area is 155 Å². The summed E-state index contributed by atoms with van der Waals surface area (Å²) < 4.78 is 15.6. The molecule has 0 fully saturated rings. The molecule has 1 unspecified atom stereocenters. The zero-order valence-corrected chi connectivity index (χ0v) is 16.2. The highest BCUT2D eigenvalue weighted by Crippen LogP contribution is 2.19. The molecule has 1 rings (SSSR count). The van der Waals surface area contributed by atoms with Crippen LogP contribution in [0.5, 0.6) is 0 Å². The van der Waals surface area contributed by atoms with Crippen LogP contribution in [0, 0.1) is 0 Å². The molecule has 0 heterocycles. The second-order valence-electron chi connectivity index (χ2n) is 6.84. The molecule has 0 saturated carbocycles. The van der Waals surface area contributed by atoms with Crippen LogP contribution in [0.25, 0.3) is 0 Å². The average Bonchev–Trinajstić information content (AvgIpc) is 2.56. The van der Waals surface area contributed by atoms with Crippen molar-refractivity contribution in [3.05, 3.63) is 48.6 Å². The van der Waals surface area contributed by atoms with Gasteiger partial charge in [0.25, 0.3) is 0 Å². The first-order chi connectivity index (χ1) is 12.2. The smallest absolute Gasteiger partial charge is 0.444 e. The molecule has 1 aromatic rings. The molecule has 0 aliphatic heterocycles. The van der Waals surface area contributed by atoms with Crippen molar-refractivity contribution in [1.29, 1.82) is 0 Å². The maximum atomic E-state index is 12.7. The maximum Gasteiger partial charge on any atom is 0.508 e. The SMILES string of the molecule is C=CC(OC(=O)OCC)[C@@H](C)N(Cc1ccccc1)C(=O)OC(C)(C)C. The lowest BCUT2D eigenvalue weighted by atomic mass is 10.1. The molecule has 0 radical (unpaired) electrons. The Hall–Kier alpha value is -2.50. The highest BCUT2D eigenvalue weighted by Gasteiger charge is 2.32. The zero-order valence-electron chi connectivity index (χ0n) is 16.2.